The van der Waals surface area contributed by atoms with Crippen LogP contribution in [-0.4, -0.2) is 5.78 Å². The summed E-state index contributed by atoms with van der Waals surface area (Å²) in [7, 11) is 0. The van der Waals surface area contributed by atoms with Crippen molar-refractivity contribution in [2.75, 3.05) is 0 Å². The zero-order valence-corrected chi connectivity index (χ0v) is 22.9. The maximum Gasteiger partial charge on any atom is 0.132 e. The van der Waals surface area contributed by atoms with Crippen LogP contribution in [0.15, 0.2) is 0 Å². The van der Waals surface area contributed by atoms with Crippen molar-refractivity contribution in [3.63, 3.8) is 0 Å². The van der Waals surface area contributed by atoms with Gasteiger partial charge in [-0.15, -0.1) is 0 Å². The second-order valence-electron chi connectivity index (χ2n) is 11.0. The summed E-state index contributed by atoms with van der Waals surface area (Å²) in [4.78, 5) is 12.0. The molecule has 0 aromatic carbocycles. The van der Waals surface area contributed by atoms with Crippen molar-refractivity contribution in [1.29, 1.82) is 0 Å². The molecule has 0 radical (unpaired) electrons. The van der Waals surface area contributed by atoms with Crippen LogP contribution < -0.4 is 0 Å². The molecule has 0 spiro atoms. The van der Waals surface area contributed by atoms with E-state index in [1.54, 1.807) is 0 Å². The summed E-state index contributed by atoms with van der Waals surface area (Å²) in [6, 6.07) is 0. The summed E-state index contributed by atoms with van der Waals surface area (Å²) in [6.07, 6.45) is 34.7. The lowest BCUT2D eigenvalue weighted by Gasteiger charge is -2.05. The Morgan fingerprint density at radius 2 is 0.719 bits per heavy atom. The molecular weight excluding hydrogens is 388 g/mol. The molecule has 0 aliphatic rings. The minimum atomic E-state index is 0.521. The fraction of sp³-hybridized carbons (Fsp3) is 0.968. The van der Waals surface area contributed by atoms with E-state index in [0.29, 0.717) is 5.78 Å². The lowest BCUT2D eigenvalue weighted by Crippen LogP contribution is -1.97. The van der Waals surface area contributed by atoms with E-state index in [9.17, 15) is 4.79 Å². The first-order valence-corrected chi connectivity index (χ1v) is 15.2. The first kappa shape index (κ1) is 31.7. The molecule has 0 rings (SSSR count). The number of Topliss-reactive ketones (excluding diaryl/α,β-unsaturated/α-hetero) is 1. The Balaban J connectivity index is 3.14. The third-order valence-electron chi connectivity index (χ3n) is 7.05. The normalized spacial score (nSPS) is 11.5. The average Bonchev–Trinajstić information content (AvgIpc) is 2.77. The highest BCUT2D eigenvalue weighted by molar-refractivity contribution is 5.78. The van der Waals surface area contributed by atoms with Gasteiger partial charge < -0.3 is 0 Å². The van der Waals surface area contributed by atoms with Gasteiger partial charge in [-0.25, -0.2) is 0 Å². The molecule has 0 atom stereocenters. The Morgan fingerprint density at radius 3 is 1.03 bits per heavy atom. The molecule has 1 nitrogen and oxygen atoms in total. The molecule has 0 saturated heterocycles. The third kappa shape index (κ3) is 27.7. The summed E-state index contributed by atoms with van der Waals surface area (Å²) in [6.45, 7) is 6.93. The van der Waals surface area contributed by atoms with Gasteiger partial charge in [0.2, 0.25) is 0 Å². The third-order valence-corrected chi connectivity index (χ3v) is 7.05. The van der Waals surface area contributed by atoms with Crippen LogP contribution in [0.3, 0.4) is 0 Å². The monoisotopic (exact) mass is 450 g/mol. The maximum absolute atomic E-state index is 12.0. The molecule has 0 amide bonds. The largest absolute Gasteiger partial charge is 0.300 e. The van der Waals surface area contributed by atoms with E-state index in [4.69, 9.17) is 0 Å². The highest BCUT2D eigenvalue weighted by Crippen LogP contribution is 2.15. The van der Waals surface area contributed by atoms with Crippen molar-refractivity contribution >= 4 is 5.78 Å². The Hall–Kier alpha value is -0.330. The van der Waals surface area contributed by atoms with Gasteiger partial charge in [0.15, 0.2) is 0 Å². The van der Waals surface area contributed by atoms with Crippen molar-refractivity contribution in [2.45, 2.75) is 188 Å². The van der Waals surface area contributed by atoms with Gasteiger partial charge in [-0.1, -0.05) is 162 Å². The Morgan fingerprint density at radius 1 is 0.438 bits per heavy atom. The van der Waals surface area contributed by atoms with Crippen molar-refractivity contribution in [1.82, 2.24) is 0 Å². The van der Waals surface area contributed by atoms with E-state index >= 15 is 0 Å². The Labute approximate surface area is 204 Å². The van der Waals surface area contributed by atoms with Crippen molar-refractivity contribution in [2.24, 2.45) is 5.92 Å². The molecular formula is C31H62O. The van der Waals surface area contributed by atoms with E-state index in [1.165, 1.54) is 141 Å². The summed E-state index contributed by atoms with van der Waals surface area (Å²) >= 11 is 0. The molecule has 0 aliphatic carbocycles. The smallest absolute Gasteiger partial charge is 0.132 e. The highest BCUT2D eigenvalue weighted by atomic mass is 16.1. The SMILES string of the molecule is CCCCCCCCCCCCCCCCCCC(=O)CCCCCCCCCC(C)C. The molecule has 0 saturated carbocycles. The van der Waals surface area contributed by atoms with Crippen LogP contribution in [0.25, 0.3) is 0 Å². The average molecular weight is 451 g/mol. The van der Waals surface area contributed by atoms with Crippen LogP contribution in [0, 0.1) is 5.92 Å². The van der Waals surface area contributed by atoms with Crippen molar-refractivity contribution in [3.8, 4) is 0 Å². The molecule has 1 heteroatoms. The predicted octanol–water partition coefficient (Wildman–Crippen LogP) is 11.4. The van der Waals surface area contributed by atoms with Gasteiger partial charge in [0.1, 0.15) is 5.78 Å². The predicted molar refractivity (Wildman–Crippen MR) is 146 cm³/mol. The fourth-order valence-corrected chi connectivity index (χ4v) is 4.75. The first-order chi connectivity index (χ1) is 15.7. The van der Waals surface area contributed by atoms with Crippen LogP contribution in [0.4, 0.5) is 0 Å². The molecule has 0 aliphatic heterocycles. The van der Waals surface area contributed by atoms with Gasteiger partial charge in [-0.2, -0.15) is 0 Å². The van der Waals surface area contributed by atoms with Crippen LogP contribution in [0.5, 0.6) is 0 Å². The van der Waals surface area contributed by atoms with E-state index in [0.717, 1.165) is 31.6 Å². The van der Waals surface area contributed by atoms with E-state index in [2.05, 4.69) is 20.8 Å². The number of hydrogen-bond acceptors (Lipinski definition) is 1. The topological polar surface area (TPSA) is 17.1 Å². The van der Waals surface area contributed by atoms with E-state index in [1.807, 2.05) is 0 Å². The zero-order chi connectivity index (χ0) is 23.5. The summed E-state index contributed by atoms with van der Waals surface area (Å²) in [5, 5.41) is 0. The molecule has 0 aromatic rings. The molecule has 0 bridgehead atoms. The summed E-state index contributed by atoms with van der Waals surface area (Å²) in [5.74, 6) is 1.38. The van der Waals surface area contributed by atoms with Crippen molar-refractivity contribution < 1.29 is 4.79 Å². The molecule has 0 aromatic heterocycles. The van der Waals surface area contributed by atoms with Crippen LogP contribution in [0.2, 0.25) is 0 Å². The molecule has 0 fully saturated rings. The Bertz CT molecular complexity index is 359. The Kier molecular flexibility index (Phi) is 26.6. The first-order valence-electron chi connectivity index (χ1n) is 15.2. The standard InChI is InChI=1S/C31H62O/c1-4-5-6-7-8-9-10-11-12-13-14-15-16-19-22-25-28-31(32)29-26-23-20-17-18-21-24-27-30(2)3/h30H,4-29H2,1-3H3. The van der Waals surface area contributed by atoms with E-state index in [-0.39, 0.29) is 0 Å². The highest BCUT2D eigenvalue weighted by Gasteiger charge is 2.02. The molecule has 0 N–H and O–H groups in total. The van der Waals surface area contributed by atoms with Crippen LogP contribution in [-0.2, 0) is 4.79 Å². The molecule has 32 heavy (non-hydrogen) atoms. The molecule has 192 valence electrons. The quantitative estimate of drug-likeness (QED) is 0.114. The second-order valence-corrected chi connectivity index (χ2v) is 11.0. The van der Waals surface area contributed by atoms with Crippen molar-refractivity contribution in [3.05, 3.63) is 0 Å². The fourth-order valence-electron chi connectivity index (χ4n) is 4.75. The van der Waals surface area contributed by atoms with Gasteiger partial charge in [0.05, 0.1) is 0 Å². The number of carbonyl (C=O) groups is 1. The van der Waals surface area contributed by atoms with E-state index < -0.39 is 0 Å². The lowest BCUT2D eigenvalue weighted by atomic mass is 10.0. The number of rotatable bonds is 27. The second kappa shape index (κ2) is 26.9. The molecule has 0 unspecified atom stereocenters. The number of ketones is 1. The summed E-state index contributed by atoms with van der Waals surface area (Å²) in [5.41, 5.74) is 0. The summed E-state index contributed by atoms with van der Waals surface area (Å²) < 4.78 is 0. The van der Waals surface area contributed by atoms with Crippen LogP contribution >= 0.6 is 0 Å². The lowest BCUT2D eigenvalue weighted by molar-refractivity contribution is -0.119. The minimum absolute atomic E-state index is 0.521. The zero-order valence-electron chi connectivity index (χ0n) is 22.9. The van der Waals surface area contributed by atoms with Gasteiger partial charge in [-0.05, 0) is 18.8 Å². The van der Waals surface area contributed by atoms with Crippen LogP contribution in [0.1, 0.15) is 188 Å². The number of hydrogen-bond donors (Lipinski definition) is 0. The van der Waals surface area contributed by atoms with Gasteiger partial charge in [0, 0.05) is 12.8 Å². The molecule has 0 heterocycles. The van der Waals surface area contributed by atoms with Gasteiger partial charge in [0.25, 0.3) is 0 Å². The maximum atomic E-state index is 12.0. The van der Waals surface area contributed by atoms with Gasteiger partial charge >= 0.3 is 0 Å². The number of unbranched alkanes of at least 4 members (excludes halogenated alkanes) is 21. The minimum Gasteiger partial charge on any atom is -0.300 e. The number of carbonyl (C=O) groups excluding carboxylic acids is 1. The van der Waals surface area contributed by atoms with Gasteiger partial charge in [-0.3, -0.25) is 4.79 Å².